The first-order chi connectivity index (χ1) is 8.60. The third-order valence-corrected chi connectivity index (χ3v) is 3.25. The summed E-state index contributed by atoms with van der Waals surface area (Å²) in [5, 5.41) is 3.29. The van der Waals surface area contributed by atoms with E-state index in [1.165, 1.54) is 0 Å². The number of ether oxygens (including phenoxy) is 1. The van der Waals surface area contributed by atoms with E-state index in [0.29, 0.717) is 23.9 Å². The first-order valence-electron chi connectivity index (χ1n) is 5.91. The molecule has 18 heavy (non-hydrogen) atoms. The fraction of sp³-hybridized carbons (Fsp3) is 0.462. The zero-order valence-electron chi connectivity index (χ0n) is 11.0. The third kappa shape index (κ3) is 3.84. The van der Waals surface area contributed by atoms with Crippen molar-refractivity contribution < 1.29 is 9.53 Å². The van der Waals surface area contributed by atoms with Gasteiger partial charge in [0.1, 0.15) is 0 Å². The van der Waals surface area contributed by atoms with Crippen LogP contribution in [-0.2, 0) is 4.74 Å². The van der Waals surface area contributed by atoms with E-state index >= 15 is 0 Å². The number of hydrogen-bond acceptors (Lipinski definition) is 5. The van der Waals surface area contributed by atoms with Gasteiger partial charge in [-0.1, -0.05) is 6.07 Å². The summed E-state index contributed by atoms with van der Waals surface area (Å²) in [4.78, 5) is 11.7. The van der Waals surface area contributed by atoms with Crippen molar-refractivity contribution in [3.63, 3.8) is 0 Å². The predicted octanol–water partition coefficient (Wildman–Crippen LogP) is 2.61. The summed E-state index contributed by atoms with van der Waals surface area (Å²) < 4.78 is 4.97. The van der Waals surface area contributed by atoms with Gasteiger partial charge in [-0.3, -0.25) is 0 Å². The number of hydrogen-bond donors (Lipinski definition) is 2. The molecule has 0 heterocycles. The second-order valence-electron chi connectivity index (χ2n) is 3.99. The molecule has 1 unspecified atom stereocenters. The fourth-order valence-electron chi connectivity index (χ4n) is 1.64. The number of carbonyl (C=O) groups excluding carboxylic acids is 1. The second-order valence-corrected chi connectivity index (χ2v) is 4.90. The normalized spacial score (nSPS) is 11.9. The van der Waals surface area contributed by atoms with Gasteiger partial charge in [0.25, 0.3) is 0 Å². The Kier molecular flexibility index (Phi) is 5.85. The topological polar surface area (TPSA) is 64.3 Å². The van der Waals surface area contributed by atoms with Crippen molar-refractivity contribution in [2.45, 2.75) is 19.9 Å². The maximum Gasteiger partial charge on any atom is 0.340 e. The molecule has 5 heteroatoms. The summed E-state index contributed by atoms with van der Waals surface area (Å²) in [6.45, 7) is 4.20. The lowest BCUT2D eigenvalue weighted by Crippen LogP contribution is -2.19. The van der Waals surface area contributed by atoms with Crippen molar-refractivity contribution in [2.24, 2.45) is 0 Å². The molecule has 0 saturated carbocycles. The Labute approximate surface area is 112 Å². The average Bonchev–Trinajstić information content (AvgIpc) is 2.32. The minimum Gasteiger partial charge on any atom is -0.462 e. The summed E-state index contributed by atoms with van der Waals surface area (Å²) in [5.74, 6) is 0.597. The second kappa shape index (κ2) is 7.16. The number of nitrogen functional groups attached to an aromatic ring is 1. The Morgan fingerprint density at radius 2 is 2.28 bits per heavy atom. The zero-order valence-corrected chi connectivity index (χ0v) is 11.8. The van der Waals surface area contributed by atoms with E-state index in [1.54, 1.807) is 30.8 Å². The van der Waals surface area contributed by atoms with Gasteiger partial charge in [0.15, 0.2) is 0 Å². The van der Waals surface area contributed by atoms with E-state index in [4.69, 9.17) is 10.5 Å². The molecular formula is C13H20N2O2S. The molecule has 0 aliphatic heterocycles. The lowest BCUT2D eigenvalue weighted by atomic mass is 10.1. The molecule has 0 spiro atoms. The molecule has 1 aromatic carbocycles. The Balaban J connectivity index is 2.88. The molecule has 0 radical (unpaired) electrons. The number of nitrogens with two attached hydrogens (primary N) is 1. The SMILES string of the molecule is CCOC(=O)c1cccc(NC(C)CSC)c1N. The summed E-state index contributed by atoms with van der Waals surface area (Å²) in [7, 11) is 0. The maximum absolute atomic E-state index is 11.7. The maximum atomic E-state index is 11.7. The minimum atomic E-state index is -0.379. The highest BCUT2D eigenvalue weighted by atomic mass is 32.2. The molecule has 4 nitrogen and oxygen atoms in total. The van der Waals surface area contributed by atoms with E-state index in [9.17, 15) is 4.79 Å². The first kappa shape index (κ1) is 14.7. The van der Waals surface area contributed by atoms with E-state index < -0.39 is 0 Å². The standard InChI is InChI=1S/C13H20N2O2S/c1-4-17-13(16)10-6-5-7-11(12(10)14)15-9(2)8-18-3/h5-7,9,15H,4,8,14H2,1-3H3. The van der Waals surface area contributed by atoms with Crippen molar-refractivity contribution in [2.75, 3.05) is 29.7 Å². The largest absolute Gasteiger partial charge is 0.462 e. The molecule has 3 N–H and O–H groups in total. The summed E-state index contributed by atoms with van der Waals surface area (Å²) in [6, 6.07) is 5.64. The molecule has 1 rings (SSSR count). The molecule has 1 atom stereocenters. The molecule has 0 amide bonds. The molecule has 0 bridgehead atoms. The molecule has 1 aromatic rings. The van der Waals surface area contributed by atoms with Crippen LogP contribution in [0.1, 0.15) is 24.2 Å². The third-order valence-electron chi connectivity index (χ3n) is 2.42. The number of esters is 1. The molecular weight excluding hydrogens is 248 g/mol. The Hall–Kier alpha value is -1.36. The van der Waals surface area contributed by atoms with Crippen LogP contribution in [0.3, 0.4) is 0 Å². The monoisotopic (exact) mass is 268 g/mol. The van der Waals surface area contributed by atoms with Gasteiger partial charge in [-0.15, -0.1) is 0 Å². The first-order valence-corrected chi connectivity index (χ1v) is 7.30. The van der Waals surface area contributed by atoms with Crippen LogP contribution in [0.15, 0.2) is 18.2 Å². The molecule has 100 valence electrons. The number of nitrogens with one attached hydrogen (secondary N) is 1. The Bertz CT molecular complexity index is 410. The zero-order chi connectivity index (χ0) is 13.5. The van der Waals surface area contributed by atoms with Gasteiger partial charge in [0, 0.05) is 11.8 Å². The highest BCUT2D eigenvalue weighted by Gasteiger charge is 2.14. The Morgan fingerprint density at radius 3 is 2.89 bits per heavy atom. The van der Waals surface area contributed by atoms with Crippen LogP contribution in [0.5, 0.6) is 0 Å². The number of carbonyl (C=O) groups is 1. The van der Waals surface area contributed by atoms with Crippen molar-refractivity contribution in [3.05, 3.63) is 23.8 Å². The van der Waals surface area contributed by atoms with E-state index in [-0.39, 0.29) is 5.97 Å². The molecule has 0 saturated heterocycles. The quantitative estimate of drug-likeness (QED) is 0.613. The number of rotatable bonds is 6. The minimum absolute atomic E-state index is 0.291. The van der Waals surface area contributed by atoms with Crippen LogP contribution in [0.2, 0.25) is 0 Å². The van der Waals surface area contributed by atoms with Crippen molar-refractivity contribution in [1.82, 2.24) is 0 Å². The number of benzene rings is 1. The summed E-state index contributed by atoms with van der Waals surface area (Å²) >= 11 is 1.76. The molecule has 0 aliphatic carbocycles. The van der Waals surface area contributed by atoms with Gasteiger partial charge in [-0.05, 0) is 32.2 Å². The van der Waals surface area contributed by atoms with Gasteiger partial charge in [-0.2, -0.15) is 11.8 Å². The number of anilines is 2. The van der Waals surface area contributed by atoms with Crippen LogP contribution in [0, 0.1) is 0 Å². The van der Waals surface area contributed by atoms with Crippen molar-refractivity contribution >= 4 is 29.1 Å². The van der Waals surface area contributed by atoms with E-state index in [1.807, 2.05) is 6.07 Å². The van der Waals surface area contributed by atoms with Crippen LogP contribution in [-0.4, -0.2) is 30.6 Å². The van der Waals surface area contributed by atoms with Crippen molar-refractivity contribution in [3.8, 4) is 0 Å². The Morgan fingerprint density at radius 1 is 1.56 bits per heavy atom. The van der Waals surface area contributed by atoms with Crippen LogP contribution in [0.25, 0.3) is 0 Å². The number of thioether (sulfide) groups is 1. The van der Waals surface area contributed by atoms with E-state index in [2.05, 4.69) is 18.5 Å². The lowest BCUT2D eigenvalue weighted by Gasteiger charge is -2.17. The summed E-state index contributed by atoms with van der Waals surface area (Å²) in [5.41, 5.74) is 7.63. The highest BCUT2D eigenvalue weighted by molar-refractivity contribution is 7.98. The van der Waals surface area contributed by atoms with Gasteiger partial charge < -0.3 is 15.8 Å². The van der Waals surface area contributed by atoms with Crippen molar-refractivity contribution in [1.29, 1.82) is 0 Å². The van der Waals surface area contributed by atoms with Gasteiger partial charge in [0.2, 0.25) is 0 Å². The predicted molar refractivity (Wildman–Crippen MR) is 78.3 cm³/mol. The van der Waals surface area contributed by atoms with Gasteiger partial charge in [-0.25, -0.2) is 4.79 Å². The average molecular weight is 268 g/mol. The molecule has 0 aromatic heterocycles. The molecule has 0 fully saturated rings. The highest BCUT2D eigenvalue weighted by Crippen LogP contribution is 2.24. The number of para-hydroxylation sites is 1. The van der Waals surface area contributed by atoms with Crippen LogP contribution in [0.4, 0.5) is 11.4 Å². The summed E-state index contributed by atoms with van der Waals surface area (Å²) in [6.07, 6.45) is 2.05. The molecule has 0 aliphatic rings. The van der Waals surface area contributed by atoms with Gasteiger partial charge in [0.05, 0.1) is 23.5 Å². The lowest BCUT2D eigenvalue weighted by molar-refractivity contribution is 0.0527. The van der Waals surface area contributed by atoms with Crippen LogP contribution >= 0.6 is 11.8 Å². The van der Waals surface area contributed by atoms with Crippen LogP contribution < -0.4 is 11.1 Å². The smallest absolute Gasteiger partial charge is 0.340 e. The fourth-order valence-corrected chi connectivity index (χ4v) is 2.22. The van der Waals surface area contributed by atoms with E-state index in [0.717, 1.165) is 11.4 Å². The van der Waals surface area contributed by atoms with Gasteiger partial charge >= 0.3 is 5.97 Å².